The first-order valence-corrected chi connectivity index (χ1v) is 6.71. The van der Waals surface area contributed by atoms with Crippen LogP contribution in [0.15, 0.2) is 24.3 Å². The van der Waals surface area contributed by atoms with Crippen molar-refractivity contribution in [2.45, 2.75) is 12.5 Å². The second-order valence-electron chi connectivity index (χ2n) is 4.53. The molecule has 0 radical (unpaired) electrons. The first kappa shape index (κ1) is 14.8. The maximum atomic E-state index is 12.3. The van der Waals surface area contributed by atoms with E-state index in [-0.39, 0.29) is 24.4 Å². The second-order valence-corrected chi connectivity index (χ2v) is 4.97. The molecule has 1 saturated heterocycles. The summed E-state index contributed by atoms with van der Waals surface area (Å²) in [5.74, 6) is -0.421. The molecule has 20 heavy (non-hydrogen) atoms. The molecule has 1 aliphatic heterocycles. The van der Waals surface area contributed by atoms with E-state index in [9.17, 15) is 9.59 Å². The van der Waals surface area contributed by atoms with Crippen molar-refractivity contribution < 1.29 is 19.1 Å². The van der Waals surface area contributed by atoms with Crippen molar-refractivity contribution >= 4 is 23.5 Å². The zero-order valence-corrected chi connectivity index (χ0v) is 11.9. The lowest BCUT2D eigenvalue weighted by Gasteiger charge is -2.32. The Morgan fingerprint density at radius 3 is 2.75 bits per heavy atom. The van der Waals surface area contributed by atoms with Crippen molar-refractivity contribution in [3.05, 3.63) is 34.9 Å². The molecule has 1 heterocycles. The summed E-state index contributed by atoms with van der Waals surface area (Å²) in [6.07, 6.45) is -0.159. The number of ether oxygens (including phenoxy) is 2. The van der Waals surface area contributed by atoms with Crippen molar-refractivity contribution in [3.8, 4) is 0 Å². The average molecular weight is 298 g/mol. The minimum atomic E-state index is -0.337. The van der Waals surface area contributed by atoms with Gasteiger partial charge in [-0.25, -0.2) is 0 Å². The van der Waals surface area contributed by atoms with Crippen LogP contribution in [0.4, 0.5) is 0 Å². The van der Waals surface area contributed by atoms with Gasteiger partial charge in [0.2, 0.25) is 0 Å². The van der Waals surface area contributed by atoms with Crippen LogP contribution >= 0.6 is 11.6 Å². The molecule has 1 aliphatic rings. The smallest absolute Gasteiger partial charge is 0.308 e. The lowest BCUT2D eigenvalue weighted by molar-refractivity contribution is -0.145. The van der Waals surface area contributed by atoms with E-state index in [1.165, 1.54) is 7.11 Å². The summed E-state index contributed by atoms with van der Waals surface area (Å²) in [6.45, 7) is 1.32. The Morgan fingerprint density at radius 1 is 1.40 bits per heavy atom. The zero-order chi connectivity index (χ0) is 14.5. The van der Waals surface area contributed by atoms with Crippen LogP contribution < -0.4 is 0 Å². The lowest BCUT2D eigenvalue weighted by atomic mass is 10.1. The third-order valence-electron chi connectivity index (χ3n) is 3.14. The van der Waals surface area contributed by atoms with Crippen LogP contribution in [0.25, 0.3) is 0 Å². The molecule has 2 rings (SSSR count). The molecule has 0 bridgehead atoms. The monoisotopic (exact) mass is 297 g/mol. The number of hydrogen-bond acceptors (Lipinski definition) is 4. The molecule has 1 fully saturated rings. The van der Waals surface area contributed by atoms with Crippen molar-refractivity contribution in [2.24, 2.45) is 0 Å². The quantitative estimate of drug-likeness (QED) is 0.798. The van der Waals surface area contributed by atoms with Gasteiger partial charge >= 0.3 is 5.97 Å². The number of carbonyl (C=O) groups is 2. The van der Waals surface area contributed by atoms with Gasteiger partial charge in [0.15, 0.2) is 0 Å². The second kappa shape index (κ2) is 6.72. The van der Waals surface area contributed by atoms with Crippen molar-refractivity contribution in [1.29, 1.82) is 0 Å². The number of esters is 1. The SMILES string of the molecule is COC(=O)CC1CN(C(=O)c2ccc(Cl)cc2)CCO1. The van der Waals surface area contributed by atoms with E-state index < -0.39 is 0 Å². The molecule has 0 aromatic heterocycles. The largest absolute Gasteiger partial charge is 0.469 e. The first-order chi connectivity index (χ1) is 9.60. The third-order valence-corrected chi connectivity index (χ3v) is 3.39. The predicted octanol–water partition coefficient (Wildman–Crippen LogP) is 1.74. The molecule has 0 N–H and O–H groups in total. The minimum absolute atomic E-state index is 0.0835. The van der Waals surface area contributed by atoms with Gasteiger partial charge in [-0.2, -0.15) is 0 Å². The maximum Gasteiger partial charge on any atom is 0.308 e. The van der Waals surface area contributed by atoms with Gasteiger partial charge < -0.3 is 14.4 Å². The van der Waals surface area contributed by atoms with Gasteiger partial charge in [-0.3, -0.25) is 9.59 Å². The highest BCUT2D eigenvalue weighted by Crippen LogP contribution is 2.15. The van der Waals surface area contributed by atoms with Crippen LogP contribution in [0, 0.1) is 0 Å². The maximum absolute atomic E-state index is 12.3. The Hall–Kier alpha value is -1.59. The highest BCUT2D eigenvalue weighted by molar-refractivity contribution is 6.30. The molecule has 108 valence electrons. The molecule has 0 saturated carbocycles. The summed E-state index contributed by atoms with van der Waals surface area (Å²) in [5, 5.41) is 0.590. The van der Waals surface area contributed by atoms with E-state index in [0.29, 0.717) is 30.3 Å². The number of nitrogens with zero attached hydrogens (tertiary/aromatic N) is 1. The van der Waals surface area contributed by atoms with Gasteiger partial charge in [-0.15, -0.1) is 0 Å². The van der Waals surface area contributed by atoms with Gasteiger partial charge in [0, 0.05) is 23.7 Å². The Morgan fingerprint density at radius 2 is 2.10 bits per heavy atom. The molecular formula is C14H16ClNO4. The van der Waals surface area contributed by atoms with Crippen LogP contribution in [-0.2, 0) is 14.3 Å². The highest BCUT2D eigenvalue weighted by Gasteiger charge is 2.26. The number of hydrogen-bond donors (Lipinski definition) is 0. The van der Waals surface area contributed by atoms with E-state index in [1.807, 2.05) is 0 Å². The molecular weight excluding hydrogens is 282 g/mol. The molecule has 0 aliphatic carbocycles. The molecule has 5 nitrogen and oxygen atoms in total. The van der Waals surface area contributed by atoms with Crippen molar-refractivity contribution in [3.63, 3.8) is 0 Å². The first-order valence-electron chi connectivity index (χ1n) is 6.33. The number of carbonyl (C=O) groups excluding carboxylic acids is 2. The average Bonchev–Trinajstić information content (AvgIpc) is 2.47. The number of halogens is 1. The standard InChI is InChI=1S/C14H16ClNO4/c1-19-13(17)8-12-9-16(6-7-20-12)14(18)10-2-4-11(15)5-3-10/h2-5,12H,6-9H2,1H3. The number of methoxy groups -OCH3 is 1. The Labute approximate surface area is 122 Å². The van der Waals surface area contributed by atoms with Crippen molar-refractivity contribution in [2.75, 3.05) is 26.8 Å². The van der Waals surface area contributed by atoms with Crippen LogP contribution in [0.1, 0.15) is 16.8 Å². The van der Waals surface area contributed by atoms with E-state index >= 15 is 0 Å². The fourth-order valence-corrected chi connectivity index (χ4v) is 2.20. The van der Waals surface area contributed by atoms with Gasteiger partial charge in [-0.05, 0) is 24.3 Å². The Bertz CT molecular complexity index is 488. The normalized spacial score (nSPS) is 18.7. The molecule has 1 amide bonds. The fraction of sp³-hybridized carbons (Fsp3) is 0.429. The molecule has 0 spiro atoms. The number of morpholine rings is 1. The van der Waals surface area contributed by atoms with Crippen LogP contribution in [0.3, 0.4) is 0 Å². The molecule has 1 atom stereocenters. The summed E-state index contributed by atoms with van der Waals surface area (Å²) in [6, 6.07) is 6.74. The van der Waals surface area contributed by atoms with E-state index in [0.717, 1.165) is 0 Å². The van der Waals surface area contributed by atoms with E-state index in [1.54, 1.807) is 29.2 Å². The molecule has 1 aromatic rings. The van der Waals surface area contributed by atoms with Crippen LogP contribution in [0.2, 0.25) is 5.02 Å². The van der Waals surface area contributed by atoms with Gasteiger partial charge in [0.05, 0.1) is 26.2 Å². The van der Waals surface area contributed by atoms with Gasteiger partial charge in [0.25, 0.3) is 5.91 Å². The summed E-state index contributed by atoms with van der Waals surface area (Å²) in [5.41, 5.74) is 0.577. The van der Waals surface area contributed by atoms with E-state index in [4.69, 9.17) is 16.3 Å². The van der Waals surface area contributed by atoms with Crippen LogP contribution in [0.5, 0.6) is 0 Å². The number of amides is 1. The lowest BCUT2D eigenvalue weighted by Crippen LogP contribution is -2.46. The molecule has 1 unspecified atom stereocenters. The minimum Gasteiger partial charge on any atom is -0.469 e. The highest BCUT2D eigenvalue weighted by atomic mass is 35.5. The Balaban J connectivity index is 1.99. The zero-order valence-electron chi connectivity index (χ0n) is 11.2. The topological polar surface area (TPSA) is 55.8 Å². The number of benzene rings is 1. The third kappa shape index (κ3) is 3.71. The Kier molecular flexibility index (Phi) is 4.98. The van der Waals surface area contributed by atoms with Gasteiger partial charge in [0.1, 0.15) is 0 Å². The van der Waals surface area contributed by atoms with Gasteiger partial charge in [-0.1, -0.05) is 11.6 Å². The fourth-order valence-electron chi connectivity index (χ4n) is 2.07. The van der Waals surface area contributed by atoms with Crippen LogP contribution in [-0.4, -0.2) is 49.7 Å². The number of rotatable bonds is 3. The predicted molar refractivity (Wildman–Crippen MR) is 73.7 cm³/mol. The molecule has 6 heteroatoms. The summed E-state index contributed by atoms with van der Waals surface area (Å²) in [7, 11) is 1.34. The summed E-state index contributed by atoms with van der Waals surface area (Å²) < 4.78 is 10.1. The van der Waals surface area contributed by atoms with Crippen molar-refractivity contribution in [1.82, 2.24) is 4.90 Å². The summed E-state index contributed by atoms with van der Waals surface area (Å²) in [4.78, 5) is 25.2. The summed E-state index contributed by atoms with van der Waals surface area (Å²) >= 11 is 5.80. The molecule has 1 aromatic carbocycles. The van der Waals surface area contributed by atoms with E-state index in [2.05, 4.69) is 4.74 Å².